The van der Waals surface area contributed by atoms with Crippen molar-refractivity contribution in [2.45, 2.75) is 5.38 Å². The summed E-state index contributed by atoms with van der Waals surface area (Å²) in [5.41, 5.74) is 0.386. The molecule has 0 radical (unpaired) electrons. The van der Waals surface area contributed by atoms with Crippen LogP contribution in [0.3, 0.4) is 0 Å². The van der Waals surface area contributed by atoms with Gasteiger partial charge in [-0.1, -0.05) is 6.07 Å². The Morgan fingerprint density at radius 2 is 1.89 bits per heavy atom. The highest BCUT2D eigenvalue weighted by Gasteiger charge is 2.19. The average molecular weight is 287 g/mol. The number of ether oxygens (including phenoxy) is 2. The van der Waals surface area contributed by atoms with E-state index in [2.05, 4.69) is 0 Å². The lowest BCUT2D eigenvalue weighted by atomic mass is 10.1. The molecule has 1 atom stereocenters. The molecule has 0 aliphatic rings. The van der Waals surface area contributed by atoms with Crippen molar-refractivity contribution in [3.05, 3.63) is 45.9 Å². The number of hydrogen-bond acceptors (Lipinski definition) is 3. The van der Waals surface area contributed by atoms with Gasteiger partial charge in [0.05, 0.1) is 19.6 Å². The number of alkyl halides is 1. The van der Waals surface area contributed by atoms with Crippen LogP contribution >= 0.6 is 22.9 Å². The third-order valence-corrected chi connectivity index (χ3v) is 4.11. The number of thiophene rings is 1. The van der Waals surface area contributed by atoms with E-state index in [4.69, 9.17) is 21.1 Å². The van der Waals surface area contributed by atoms with Crippen LogP contribution in [0.4, 0.5) is 4.39 Å². The first-order chi connectivity index (χ1) is 8.67. The molecule has 1 unspecified atom stereocenters. The van der Waals surface area contributed by atoms with Crippen molar-refractivity contribution in [1.29, 1.82) is 0 Å². The Balaban J connectivity index is 2.45. The Kier molecular flexibility index (Phi) is 4.09. The minimum absolute atomic E-state index is 0.355. The van der Waals surface area contributed by atoms with Gasteiger partial charge in [0.15, 0.2) is 11.5 Å². The second-order valence-electron chi connectivity index (χ2n) is 3.61. The molecule has 1 heterocycles. The molecule has 2 aromatic rings. The van der Waals surface area contributed by atoms with Crippen molar-refractivity contribution in [2.75, 3.05) is 14.2 Å². The highest BCUT2D eigenvalue weighted by Crippen LogP contribution is 2.38. The molecule has 96 valence electrons. The normalized spacial score (nSPS) is 12.2. The van der Waals surface area contributed by atoms with Crippen molar-refractivity contribution >= 4 is 22.9 Å². The average Bonchev–Trinajstić information content (AvgIpc) is 2.91. The molecule has 0 bridgehead atoms. The van der Waals surface area contributed by atoms with Gasteiger partial charge in [0.2, 0.25) is 0 Å². The Morgan fingerprint density at radius 1 is 1.22 bits per heavy atom. The lowest BCUT2D eigenvalue weighted by molar-refractivity contribution is 0.351. The first-order valence-electron chi connectivity index (χ1n) is 5.26. The first-order valence-corrected chi connectivity index (χ1v) is 6.58. The minimum Gasteiger partial charge on any atom is -0.493 e. The molecule has 0 fully saturated rings. The van der Waals surface area contributed by atoms with Crippen LogP contribution in [0.25, 0.3) is 0 Å². The zero-order valence-electron chi connectivity index (χ0n) is 9.94. The van der Waals surface area contributed by atoms with Crippen molar-refractivity contribution in [1.82, 2.24) is 0 Å². The van der Waals surface area contributed by atoms with Crippen LogP contribution in [-0.4, -0.2) is 14.2 Å². The van der Waals surface area contributed by atoms with E-state index in [0.717, 1.165) is 4.88 Å². The van der Waals surface area contributed by atoms with E-state index in [1.54, 1.807) is 6.07 Å². The summed E-state index contributed by atoms with van der Waals surface area (Å²) in [7, 11) is 2.97. The third kappa shape index (κ3) is 2.44. The number of halogens is 2. The molecule has 0 aliphatic heterocycles. The molecule has 5 heteroatoms. The van der Waals surface area contributed by atoms with Crippen LogP contribution < -0.4 is 9.47 Å². The van der Waals surface area contributed by atoms with Gasteiger partial charge >= 0.3 is 0 Å². The lowest BCUT2D eigenvalue weighted by Gasteiger charge is -2.13. The molecule has 0 aliphatic carbocycles. The summed E-state index contributed by atoms with van der Waals surface area (Å²) in [5.74, 6) is 0.422. The second-order valence-corrected chi connectivity index (χ2v) is 5.02. The van der Waals surface area contributed by atoms with Crippen molar-refractivity contribution < 1.29 is 13.9 Å². The number of benzene rings is 1. The molecule has 0 amide bonds. The first kappa shape index (κ1) is 13.2. The molecular weight excluding hydrogens is 275 g/mol. The fraction of sp³-hybridized carbons (Fsp3) is 0.231. The Hall–Kier alpha value is -1.26. The lowest BCUT2D eigenvalue weighted by Crippen LogP contribution is -1.99. The van der Waals surface area contributed by atoms with Gasteiger partial charge < -0.3 is 9.47 Å². The molecular formula is C13H12ClFO2S. The van der Waals surface area contributed by atoms with E-state index in [0.29, 0.717) is 17.1 Å². The van der Waals surface area contributed by atoms with E-state index in [-0.39, 0.29) is 0 Å². The Morgan fingerprint density at radius 3 is 2.44 bits per heavy atom. The zero-order valence-corrected chi connectivity index (χ0v) is 11.5. The minimum atomic E-state index is -0.523. The number of rotatable bonds is 4. The molecule has 0 saturated heterocycles. The second kappa shape index (κ2) is 5.59. The summed E-state index contributed by atoms with van der Waals surface area (Å²) in [6.45, 7) is 0. The van der Waals surface area contributed by atoms with Crippen LogP contribution in [0.1, 0.15) is 15.8 Å². The molecule has 0 N–H and O–H groups in total. The van der Waals surface area contributed by atoms with E-state index in [1.807, 2.05) is 17.5 Å². The van der Waals surface area contributed by atoms with Gasteiger partial charge in [0.25, 0.3) is 0 Å². The maximum Gasteiger partial charge on any atom is 0.163 e. The number of hydrogen-bond donors (Lipinski definition) is 0. The topological polar surface area (TPSA) is 18.5 Å². The zero-order chi connectivity index (χ0) is 13.1. The molecule has 2 nitrogen and oxygen atoms in total. The summed E-state index contributed by atoms with van der Waals surface area (Å²) >= 11 is 7.76. The summed E-state index contributed by atoms with van der Waals surface area (Å²) < 4.78 is 24.2. The van der Waals surface area contributed by atoms with Crippen molar-refractivity contribution in [2.24, 2.45) is 0 Å². The predicted octanol–water partition coefficient (Wildman–Crippen LogP) is 4.23. The van der Waals surface area contributed by atoms with Crippen LogP contribution in [-0.2, 0) is 0 Å². The Bertz CT molecular complexity index is 528. The van der Waals surface area contributed by atoms with Crippen molar-refractivity contribution in [3.8, 4) is 11.5 Å². The molecule has 0 saturated carbocycles. The summed E-state index contributed by atoms with van der Waals surface area (Å²) in [4.78, 5) is 0.891. The third-order valence-electron chi connectivity index (χ3n) is 2.57. The fourth-order valence-corrected chi connectivity index (χ4v) is 2.76. The molecule has 1 aromatic carbocycles. The Labute approximate surface area is 114 Å². The number of methoxy groups -OCH3 is 2. The van der Waals surface area contributed by atoms with Crippen LogP contribution in [0.5, 0.6) is 11.5 Å². The SMILES string of the molecule is COc1cc(F)c(C(Cl)c2cccs2)cc1OC. The maximum atomic E-state index is 14.0. The standard InChI is InChI=1S/C13H12ClFO2S/c1-16-10-6-8(9(15)7-11(10)17-2)13(14)12-4-3-5-18-12/h3-7,13H,1-2H3. The van der Waals surface area contributed by atoms with Gasteiger partial charge in [-0.15, -0.1) is 22.9 Å². The van der Waals surface area contributed by atoms with Gasteiger partial charge in [-0.25, -0.2) is 4.39 Å². The highest BCUT2D eigenvalue weighted by molar-refractivity contribution is 7.10. The van der Waals surface area contributed by atoms with E-state index >= 15 is 0 Å². The monoisotopic (exact) mass is 286 g/mol. The molecule has 0 spiro atoms. The molecule has 1 aromatic heterocycles. The molecule has 18 heavy (non-hydrogen) atoms. The molecule has 2 rings (SSSR count). The van der Waals surface area contributed by atoms with Crippen molar-refractivity contribution in [3.63, 3.8) is 0 Å². The predicted molar refractivity (Wildman–Crippen MR) is 71.5 cm³/mol. The van der Waals surface area contributed by atoms with Crippen LogP contribution in [0.15, 0.2) is 29.6 Å². The summed E-state index contributed by atoms with van der Waals surface area (Å²) in [5, 5.41) is 1.38. The quantitative estimate of drug-likeness (QED) is 0.783. The fourth-order valence-electron chi connectivity index (χ4n) is 1.65. The largest absolute Gasteiger partial charge is 0.493 e. The smallest absolute Gasteiger partial charge is 0.163 e. The summed E-state index contributed by atoms with van der Waals surface area (Å²) in [6.07, 6.45) is 0. The van der Waals surface area contributed by atoms with Gasteiger partial charge in [-0.2, -0.15) is 0 Å². The van der Waals surface area contributed by atoms with E-state index in [9.17, 15) is 4.39 Å². The van der Waals surface area contributed by atoms with E-state index < -0.39 is 11.2 Å². The summed E-state index contributed by atoms with van der Waals surface area (Å²) in [6, 6.07) is 6.62. The van der Waals surface area contributed by atoms with Crippen LogP contribution in [0.2, 0.25) is 0 Å². The maximum absolute atomic E-state index is 14.0. The van der Waals surface area contributed by atoms with Gasteiger partial charge in [0, 0.05) is 16.5 Å². The van der Waals surface area contributed by atoms with Gasteiger partial charge in [0.1, 0.15) is 5.82 Å². The highest BCUT2D eigenvalue weighted by atomic mass is 35.5. The van der Waals surface area contributed by atoms with Crippen LogP contribution in [0, 0.1) is 5.82 Å². The van der Waals surface area contributed by atoms with E-state index in [1.165, 1.54) is 31.6 Å². The van der Waals surface area contributed by atoms with Gasteiger partial charge in [-0.3, -0.25) is 0 Å². The van der Waals surface area contributed by atoms with Gasteiger partial charge in [-0.05, 0) is 17.5 Å².